The Morgan fingerprint density at radius 1 is 1.25 bits per heavy atom. The topological polar surface area (TPSA) is 73.1 Å². The van der Waals surface area contributed by atoms with E-state index in [1.165, 1.54) is 36.7 Å². The minimum Gasteiger partial charge on any atom is -0.347 e. The van der Waals surface area contributed by atoms with Crippen molar-refractivity contribution in [2.45, 2.75) is 25.7 Å². The molecule has 0 aliphatic heterocycles. The van der Waals surface area contributed by atoms with E-state index in [9.17, 15) is 14.4 Å². The number of hydrogen-bond donors (Lipinski definition) is 1. The molecule has 0 atom stereocenters. The van der Waals surface area contributed by atoms with E-state index in [4.69, 9.17) is 0 Å². The molecule has 108 valence electrons. The standard InChI is InChI=1S/C14H19N3O3/c1-16-11(8-12(18)17(2)14(16)20)13(19)15-9-10-6-4-3-5-7-10/h6,8H,3-5,7,9H2,1-2H3,(H,15,19). The average Bonchev–Trinajstić information content (AvgIpc) is 2.47. The van der Waals surface area contributed by atoms with Crippen LogP contribution in [0.25, 0.3) is 0 Å². The summed E-state index contributed by atoms with van der Waals surface area (Å²) >= 11 is 0. The Labute approximate surface area is 116 Å². The first-order valence-electron chi connectivity index (χ1n) is 6.74. The lowest BCUT2D eigenvalue weighted by molar-refractivity contribution is 0.0946. The lowest BCUT2D eigenvalue weighted by Gasteiger charge is -2.14. The van der Waals surface area contributed by atoms with Gasteiger partial charge in [0.1, 0.15) is 5.69 Å². The van der Waals surface area contributed by atoms with Crippen molar-refractivity contribution in [3.63, 3.8) is 0 Å². The fourth-order valence-electron chi connectivity index (χ4n) is 2.30. The molecule has 2 rings (SSSR count). The van der Waals surface area contributed by atoms with Crippen molar-refractivity contribution in [3.05, 3.63) is 44.2 Å². The molecule has 0 radical (unpaired) electrons. The second-order valence-corrected chi connectivity index (χ2v) is 5.06. The predicted molar refractivity (Wildman–Crippen MR) is 75.8 cm³/mol. The maximum Gasteiger partial charge on any atom is 0.331 e. The molecule has 0 aromatic carbocycles. The quantitative estimate of drug-likeness (QED) is 0.808. The summed E-state index contributed by atoms with van der Waals surface area (Å²) in [6.07, 6.45) is 6.53. The van der Waals surface area contributed by atoms with Gasteiger partial charge in [-0.2, -0.15) is 0 Å². The largest absolute Gasteiger partial charge is 0.347 e. The van der Waals surface area contributed by atoms with Gasteiger partial charge in [-0.15, -0.1) is 0 Å². The molecule has 6 nitrogen and oxygen atoms in total. The van der Waals surface area contributed by atoms with Gasteiger partial charge in [0.25, 0.3) is 11.5 Å². The van der Waals surface area contributed by atoms with Crippen LogP contribution in [0.5, 0.6) is 0 Å². The van der Waals surface area contributed by atoms with Gasteiger partial charge in [0, 0.05) is 26.7 Å². The summed E-state index contributed by atoms with van der Waals surface area (Å²) in [6.45, 7) is 0.474. The number of nitrogens with one attached hydrogen (secondary N) is 1. The van der Waals surface area contributed by atoms with Crippen LogP contribution >= 0.6 is 0 Å². The van der Waals surface area contributed by atoms with Gasteiger partial charge in [0.05, 0.1) is 0 Å². The lowest BCUT2D eigenvalue weighted by Crippen LogP contribution is -2.41. The molecule has 1 aliphatic carbocycles. The van der Waals surface area contributed by atoms with Crippen LogP contribution in [0.3, 0.4) is 0 Å². The van der Waals surface area contributed by atoms with Crippen LogP contribution in [-0.4, -0.2) is 21.6 Å². The highest BCUT2D eigenvalue weighted by Crippen LogP contribution is 2.16. The van der Waals surface area contributed by atoms with Crippen LogP contribution in [0.15, 0.2) is 27.3 Å². The van der Waals surface area contributed by atoms with Crippen LogP contribution in [-0.2, 0) is 14.1 Å². The fourth-order valence-corrected chi connectivity index (χ4v) is 2.30. The molecule has 1 aromatic rings. The normalized spacial score (nSPS) is 14.8. The Morgan fingerprint density at radius 2 is 2.00 bits per heavy atom. The maximum absolute atomic E-state index is 12.1. The third kappa shape index (κ3) is 2.89. The van der Waals surface area contributed by atoms with Crippen LogP contribution in [0.1, 0.15) is 36.2 Å². The molecule has 0 bridgehead atoms. The maximum atomic E-state index is 12.1. The smallest absolute Gasteiger partial charge is 0.331 e. The molecule has 6 heteroatoms. The van der Waals surface area contributed by atoms with Crippen molar-refractivity contribution in [2.24, 2.45) is 14.1 Å². The van der Waals surface area contributed by atoms with Crippen molar-refractivity contribution in [1.82, 2.24) is 14.5 Å². The van der Waals surface area contributed by atoms with Gasteiger partial charge < -0.3 is 5.32 Å². The van der Waals surface area contributed by atoms with Gasteiger partial charge >= 0.3 is 5.69 Å². The number of aromatic nitrogens is 2. The van der Waals surface area contributed by atoms with Gasteiger partial charge in [-0.25, -0.2) is 4.79 Å². The molecule has 1 aliphatic rings. The highest BCUT2D eigenvalue weighted by atomic mass is 16.2. The van der Waals surface area contributed by atoms with E-state index in [0.29, 0.717) is 6.54 Å². The minimum atomic E-state index is -0.500. The van der Waals surface area contributed by atoms with Crippen LogP contribution in [0.4, 0.5) is 0 Å². The molecule has 0 unspecified atom stereocenters. The van der Waals surface area contributed by atoms with Gasteiger partial charge in [-0.1, -0.05) is 11.6 Å². The highest BCUT2D eigenvalue weighted by Gasteiger charge is 2.14. The second-order valence-electron chi connectivity index (χ2n) is 5.06. The summed E-state index contributed by atoms with van der Waals surface area (Å²) in [5.41, 5.74) is 0.322. The second kappa shape index (κ2) is 5.90. The number of hydrogen-bond acceptors (Lipinski definition) is 3. The Kier molecular flexibility index (Phi) is 4.22. The zero-order valence-electron chi connectivity index (χ0n) is 11.8. The molecule has 1 N–H and O–H groups in total. The number of carbonyl (C=O) groups excluding carboxylic acids is 1. The molecule has 1 amide bonds. The van der Waals surface area contributed by atoms with Crippen molar-refractivity contribution in [3.8, 4) is 0 Å². The zero-order chi connectivity index (χ0) is 14.7. The first-order valence-corrected chi connectivity index (χ1v) is 6.74. The number of amides is 1. The summed E-state index contributed by atoms with van der Waals surface area (Å²) in [6, 6.07) is 1.19. The molecule has 1 aromatic heterocycles. The van der Waals surface area contributed by atoms with Crippen molar-refractivity contribution < 1.29 is 4.79 Å². The van der Waals surface area contributed by atoms with E-state index in [2.05, 4.69) is 11.4 Å². The molecule has 1 heterocycles. The summed E-state index contributed by atoms with van der Waals surface area (Å²) < 4.78 is 2.16. The highest BCUT2D eigenvalue weighted by molar-refractivity contribution is 5.92. The first-order chi connectivity index (χ1) is 9.50. The van der Waals surface area contributed by atoms with E-state index in [1.807, 2.05) is 0 Å². The third-order valence-electron chi connectivity index (χ3n) is 3.62. The van der Waals surface area contributed by atoms with Gasteiger partial charge in [0.2, 0.25) is 0 Å². The molecule has 0 saturated carbocycles. The van der Waals surface area contributed by atoms with E-state index < -0.39 is 17.2 Å². The van der Waals surface area contributed by atoms with E-state index >= 15 is 0 Å². The van der Waals surface area contributed by atoms with Crippen molar-refractivity contribution in [1.29, 1.82) is 0 Å². The van der Waals surface area contributed by atoms with Crippen LogP contribution in [0.2, 0.25) is 0 Å². The first kappa shape index (κ1) is 14.3. The SMILES string of the molecule is Cn1c(C(=O)NCC2=CCCCC2)cc(=O)n(C)c1=O. The summed E-state index contributed by atoms with van der Waals surface area (Å²) in [4.78, 5) is 35.4. The summed E-state index contributed by atoms with van der Waals surface area (Å²) in [5.74, 6) is -0.395. The lowest BCUT2D eigenvalue weighted by atomic mass is 10.00. The number of allylic oxidation sites excluding steroid dienone is 1. The Hall–Kier alpha value is -2.11. The van der Waals surface area contributed by atoms with Crippen LogP contribution in [0, 0.1) is 0 Å². The minimum absolute atomic E-state index is 0.0921. The number of carbonyl (C=O) groups is 1. The van der Waals surface area contributed by atoms with E-state index in [1.54, 1.807) is 0 Å². The molecule has 0 fully saturated rings. The Bertz CT molecular complexity index is 667. The fraction of sp³-hybridized carbons (Fsp3) is 0.500. The Balaban J connectivity index is 2.16. The van der Waals surface area contributed by atoms with Crippen molar-refractivity contribution in [2.75, 3.05) is 6.54 Å². The van der Waals surface area contributed by atoms with Crippen molar-refractivity contribution >= 4 is 5.91 Å². The monoisotopic (exact) mass is 277 g/mol. The van der Waals surface area contributed by atoms with Gasteiger partial charge in [-0.3, -0.25) is 18.7 Å². The van der Waals surface area contributed by atoms with Crippen LogP contribution < -0.4 is 16.6 Å². The van der Waals surface area contributed by atoms with Gasteiger partial charge in [-0.05, 0) is 25.7 Å². The molecule has 20 heavy (non-hydrogen) atoms. The average molecular weight is 277 g/mol. The number of nitrogens with zero attached hydrogens (tertiary/aromatic N) is 2. The molecule has 0 saturated heterocycles. The zero-order valence-corrected chi connectivity index (χ0v) is 11.8. The van der Waals surface area contributed by atoms with E-state index in [-0.39, 0.29) is 5.69 Å². The molecular formula is C14H19N3O3. The third-order valence-corrected chi connectivity index (χ3v) is 3.62. The predicted octanol–water partition coefficient (Wildman–Crippen LogP) is 0.314. The molecular weight excluding hydrogens is 258 g/mol. The Morgan fingerprint density at radius 3 is 2.65 bits per heavy atom. The number of rotatable bonds is 3. The van der Waals surface area contributed by atoms with Gasteiger partial charge in [0.15, 0.2) is 0 Å². The van der Waals surface area contributed by atoms with E-state index in [0.717, 1.165) is 23.8 Å². The molecule has 0 spiro atoms. The summed E-state index contributed by atoms with van der Waals surface area (Å²) in [7, 11) is 2.87. The summed E-state index contributed by atoms with van der Waals surface area (Å²) in [5, 5.41) is 2.77.